The monoisotopic (exact) mass is 571 g/mol. The van der Waals surface area contributed by atoms with Crippen molar-refractivity contribution >= 4 is 49.4 Å². The van der Waals surface area contributed by atoms with Gasteiger partial charge in [0.05, 0.1) is 23.3 Å². The molecule has 5 nitrogen and oxygen atoms in total. The van der Waals surface area contributed by atoms with Gasteiger partial charge in [0.25, 0.3) is 0 Å². The lowest BCUT2D eigenvalue weighted by Crippen LogP contribution is -2.09. The quantitative estimate of drug-likeness (QED) is 0.188. The summed E-state index contributed by atoms with van der Waals surface area (Å²) in [5.41, 5.74) is 8.44. The standard InChI is InChI=1S/C39H33N5/c1-3-12-28(13-4-1)16-11-25-43-35-19-9-7-18-31(35)33-22-24-41-39(38(33)43)42-26-34-37-32(21-23-40-34)30-17-8-10-20-36(30)44(37)27-29-14-5-2-6-15-29/h1-10,12-15,17-24H,11,16,25-27H2,(H,41,42). The first-order chi connectivity index (χ1) is 21.8. The third kappa shape index (κ3) is 4.67. The highest BCUT2D eigenvalue weighted by atomic mass is 15.1. The number of para-hydroxylation sites is 2. The number of hydrogen-bond donors (Lipinski definition) is 1. The molecule has 0 aliphatic carbocycles. The summed E-state index contributed by atoms with van der Waals surface area (Å²) < 4.78 is 4.86. The highest BCUT2D eigenvalue weighted by molar-refractivity contribution is 6.11. The maximum Gasteiger partial charge on any atom is 0.150 e. The second kappa shape index (κ2) is 11.3. The Morgan fingerprint density at radius 2 is 1.11 bits per heavy atom. The fraction of sp³-hybridized carbons (Fsp3) is 0.128. The minimum Gasteiger partial charge on any atom is -0.363 e. The molecule has 0 radical (unpaired) electrons. The number of anilines is 1. The Balaban J connectivity index is 1.19. The molecular formula is C39H33N5. The number of benzene rings is 4. The lowest BCUT2D eigenvalue weighted by molar-refractivity contribution is 0.677. The summed E-state index contributed by atoms with van der Waals surface area (Å²) >= 11 is 0. The van der Waals surface area contributed by atoms with Crippen LogP contribution in [-0.4, -0.2) is 19.1 Å². The molecule has 8 aromatic rings. The van der Waals surface area contributed by atoms with Gasteiger partial charge in [-0.05, 0) is 48.2 Å². The van der Waals surface area contributed by atoms with Gasteiger partial charge in [-0.2, -0.15) is 0 Å². The first-order valence-electron chi connectivity index (χ1n) is 15.4. The fourth-order valence-corrected chi connectivity index (χ4v) is 6.75. The van der Waals surface area contributed by atoms with Crippen molar-refractivity contribution < 1.29 is 0 Å². The maximum absolute atomic E-state index is 4.93. The number of aromatic nitrogens is 4. The van der Waals surface area contributed by atoms with E-state index in [2.05, 4.69) is 136 Å². The van der Waals surface area contributed by atoms with Crippen molar-refractivity contribution in [2.75, 3.05) is 5.32 Å². The van der Waals surface area contributed by atoms with Crippen LogP contribution in [0.25, 0.3) is 43.6 Å². The molecule has 0 aliphatic heterocycles. The van der Waals surface area contributed by atoms with E-state index in [1.807, 2.05) is 12.4 Å². The molecule has 0 fully saturated rings. The lowest BCUT2D eigenvalue weighted by Gasteiger charge is -2.14. The third-order valence-corrected chi connectivity index (χ3v) is 8.73. The Kier molecular flexibility index (Phi) is 6.76. The number of rotatable bonds is 9. The van der Waals surface area contributed by atoms with E-state index in [0.29, 0.717) is 6.54 Å². The molecule has 1 N–H and O–H groups in total. The zero-order valence-corrected chi connectivity index (χ0v) is 24.5. The van der Waals surface area contributed by atoms with Crippen LogP contribution in [0, 0.1) is 0 Å². The lowest BCUT2D eigenvalue weighted by atomic mass is 10.1. The molecule has 0 saturated heterocycles. The Labute approximate surface area is 256 Å². The van der Waals surface area contributed by atoms with Crippen molar-refractivity contribution in [1.29, 1.82) is 0 Å². The van der Waals surface area contributed by atoms with Gasteiger partial charge < -0.3 is 14.5 Å². The molecule has 0 spiro atoms. The van der Waals surface area contributed by atoms with Crippen LogP contribution < -0.4 is 5.32 Å². The molecule has 0 atom stereocenters. The number of fused-ring (bicyclic) bond motifs is 6. The van der Waals surface area contributed by atoms with Gasteiger partial charge in [-0.25, -0.2) is 4.98 Å². The molecule has 0 aliphatic rings. The zero-order chi connectivity index (χ0) is 29.3. The molecule has 44 heavy (non-hydrogen) atoms. The summed E-state index contributed by atoms with van der Waals surface area (Å²) in [6, 6.07) is 43.1. The molecule has 8 rings (SSSR count). The first kappa shape index (κ1) is 26.2. The van der Waals surface area contributed by atoms with Crippen LogP contribution in [0.5, 0.6) is 0 Å². The summed E-state index contributed by atoms with van der Waals surface area (Å²) in [6.07, 6.45) is 5.95. The molecule has 5 heteroatoms. The Bertz CT molecular complexity index is 2230. The average molecular weight is 572 g/mol. The third-order valence-electron chi connectivity index (χ3n) is 8.73. The topological polar surface area (TPSA) is 47.7 Å². The average Bonchev–Trinajstić information content (AvgIpc) is 3.58. The van der Waals surface area contributed by atoms with E-state index in [0.717, 1.165) is 43.0 Å². The van der Waals surface area contributed by atoms with Crippen molar-refractivity contribution in [3.8, 4) is 0 Å². The van der Waals surface area contributed by atoms with E-state index >= 15 is 0 Å². The highest BCUT2D eigenvalue weighted by Gasteiger charge is 2.18. The van der Waals surface area contributed by atoms with Crippen molar-refractivity contribution in [1.82, 2.24) is 19.1 Å². The smallest absolute Gasteiger partial charge is 0.150 e. The summed E-state index contributed by atoms with van der Waals surface area (Å²) in [5, 5.41) is 8.69. The van der Waals surface area contributed by atoms with E-state index in [-0.39, 0.29) is 0 Å². The highest BCUT2D eigenvalue weighted by Crippen LogP contribution is 2.34. The summed E-state index contributed by atoms with van der Waals surface area (Å²) in [5.74, 6) is 0.892. The van der Waals surface area contributed by atoms with E-state index in [9.17, 15) is 0 Å². The first-order valence-corrected chi connectivity index (χ1v) is 15.4. The molecule has 4 aromatic carbocycles. The van der Waals surface area contributed by atoms with E-state index < -0.39 is 0 Å². The number of nitrogens with one attached hydrogen (secondary N) is 1. The van der Waals surface area contributed by atoms with E-state index in [4.69, 9.17) is 9.97 Å². The number of aryl methyl sites for hydroxylation is 2. The Morgan fingerprint density at radius 3 is 1.84 bits per heavy atom. The SMILES string of the molecule is c1ccc(CCCn2c3ccccc3c3ccnc(NCc4nccc5c6ccccc6n(Cc6ccccc6)c45)c32)cc1. The van der Waals surface area contributed by atoms with Crippen molar-refractivity contribution in [2.24, 2.45) is 0 Å². The summed E-state index contributed by atoms with van der Waals surface area (Å²) in [4.78, 5) is 9.82. The summed E-state index contributed by atoms with van der Waals surface area (Å²) in [6.45, 7) is 2.27. The van der Waals surface area contributed by atoms with Crippen LogP contribution in [0.15, 0.2) is 134 Å². The zero-order valence-electron chi connectivity index (χ0n) is 24.5. The number of nitrogens with zero attached hydrogens (tertiary/aromatic N) is 4. The second-order valence-electron chi connectivity index (χ2n) is 11.4. The molecule has 4 heterocycles. The summed E-state index contributed by atoms with van der Waals surface area (Å²) in [7, 11) is 0. The molecule has 0 bridgehead atoms. The predicted molar refractivity (Wildman–Crippen MR) is 182 cm³/mol. The van der Waals surface area contributed by atoms with Gasteiger partial charge in [-0.1, -0.05) is 97.1 Å². The molecule has 214 valence electrons. The Hall–Kier alpha value is -5.42. The van der Waals surface area contributed by atoms with Crippen LogP contribution in [0.4, 0.5) is 5.82 Å². The van der Waals surface area contributed by atoms with Gasteiger partial charge in [-0.3, -0.25) is 4.98 Å². The minimum atomic E-state index is 0.570. The van der Waals surface area contributed by atoms with Gasteiger partial charge in [0.15, 0.2) is 5.82 Å². The molecule has 4 aromatic heterocycles. The van der Waals surface area contributed by atoms with Crippen LogP contribution in [-0.2, 0) is 26.1 Å². The Morgan fingerprint density at radius 1 is 0.523 bits per heavy atom. The molecule has 0 saturated carbocycles. The van der Waals surface area contributed by atoms with Crippen LogP contribution in [0.2, 0.25) is 0 Å². The van der Waals surface area contributed by atoms with E-state index in [1.54, 1.807) is 0 Å². The second-order valence-corrected chi connectivity index (χ2v) is 11.4. The van der Waals surface area contributed by atoms with Gasteiger partial charge >= 0.3 is 0 Å². The van der Waals surface area contributed by atoms with Crippen LogP contribution in [0.1, 0.15) is 23.2 Å². The normalized spacial score (nSPS) is 11.6. The molecule has 0 amide bonds. The van der Waals surface area contributed by atoms with Crippen LogP contribution in [0.3, 0.4) is 0 Å². The largest absolute Gasteiger partial charge is 0.363 e. The van der Waals surface area contributed by atoms with Crippen molar-refractivity contribution in [2.45, 2.75) is 32.5 Å². The van der Waals surface area contributed by atoms with Crippen molar-refractivity contribution in [3.05, 3.63) is 151 Å². The van der Waals surface area contributed by atoms with Crippen LogP contribution >= 0.6 is 0 Å². The number of hydrogen-bond acceptors (Lipinski definition) is 3. The van der Waals surface area contributed by atoms with E-state index in [1.165, 1.54) is 49.2 Å². The molecular weight excluding hydrogens is 538 g/mol. The van der Waals surface area contributed by atoms with Gasteiger partial charge in [0.1, 0.15) is 0 Å². The molecule has 0 unspecified atom stereocenters. The fourth-order valence-electron chi connectivity index (χ4n) is 6.75. The predicted octanol–water partition coefficient (Wildman–Crippen LogP) is 8.99. The minimum absolute atomic E-state index is 0.570. The number of pyridine rings is 2. The maximum atomic E-state index is 4.93. The van der Waals surface area contributed by atoms with Gasteiger partial charge in [-0.15, -0.1) is 0 Å². The van der Waals surface area contributed by atoms with Gasteiger partial charge in [0, 0.05) is 58.1 Å². The van der Waals surface area contributed by atoms with Gasteiger partial charge in [0.2, 0.25) is 0 Å². The van der Waals surface area contributed by atoms with Crippen molar-refractivity contribution in [3.63, 3.8) is 0 Å².